The van der Waals surface area contributed by atoms with Crippen molar-refractivity contribution >= 4 is 16.1 Å². The number of benzene rings is 1. The van der Waals surface area contributed by atoms with Gasteiger partial charge < -0.3 is 19.5 Å². The van der Waals surface area contributed by atoms with E-state index in [0.29, 0.717) is 12.1 Å². The Morgan fingerprint density at radius 1 is 1.25 bits per heavy atom. The molecule has 1 rings (SSSR count). The van der Waals surface area contributed by atoms with Gasteiger partial charge in [-0.2, -0.15) is 4.39 Å². The fraction of sp³-hybridized carbons (Fsp3) is 0.300. The second kappa shape index (κ2) is 6.22. The molecular weight excluding hydrogens is 302 g/mol. The molecular formula is C10H9F2O7S-. The standard InChI is InChI=1S/C10H10F2O7S/c11-8-6(19-10(15)5(3-13)4-14)1-2-7(9(8)12)20(16,17)18/h1-2,5,13-14H,3-4H2,(H,16,17,18)/p-1. The SMILES string of the molecule is O=C(Oc1ccc(S(=O)(=O)[O-])c(F)c1F)C(CO)CO. The lowest BCUT2D eigenvalue weighted by Crippen LogP contribution is -2.27. The summed E-state index contributed by atoms with van der Waals surface area (Å²) in [7, 11) is -5.21. The van der Waals surface area contributed by atoms with E-state index < -0.39 is 57.5 Å². The molecule has 0 heterocycles. The van der Waals surface area contributed by atoms with Crippen LogP contribution in [0.4, 0.5) is 8.78 Å². The molecule has 2 N–H and O–H groups in total. The van der Waals surface area contributed by atoms with Crippen LogP contribution < -0.4 is 4.74 Å². The molecule has 10 heteroatoms. The first-order chi connectivity index (χ1) is 9.22. The Bertz CT molecular complexity index is 610. The molecule has 0 saturated carbocycles. The highest BCUT2D eigenvalue weighted by molar-refractivity contribution is 7.85. The minimum absolute atomic E-state index is 0.441. The molecule has 0 aliphatic rings. The number of carbonyl (C=O) groups excluding carboxylic acids is 1. The maximum absolute atomic E-state index is 13.4. The molecule has 112 valence electrons. The topological polar surface area (TPSA) is 124 Å². The fourth-order valence-electron chi connectivity index (χ4n) is 1.18. The van der Waals surface area contributed by atoms with Gasteiger partial charge >= 0.3 is 5.97 Å². The van der Waals surface area contributed by atoms with Crippen molar-refractivity contribution in [1.29, 1.82) is 0 Å². The molecule has 0 saturated heterocycles. The molecule has 0 unspecified atom stereocenters. The van der Waals surface area contributed by atoms with Crippen molar-refractivity contribution in [2.24, 2.45) is 5.92 Å². The molecule has 1 aromatic carbocycles. The van der Waals surface area contributed by atoms with Crippen molar-refractivity contribution in [2.75, 3.05) is 13.2 Å². The van der Waals surface area contributed by atoms with Gasteiger partial charge in [0.2, 0.25) is 5.82 Å². The molecule has 0 aromatic heterocycles. The lowest BCUT2D eigenvalue weighted by molar-refractivity contribution is -0.141. The molecule has 0 atom stereocenters. The van der Waals surface area contributed by atoms with Gasteiger partial charge in [-0.25, -0.2) is 12.8 Å². The van der Waals surface area contributed by atoms with Crippen LogP contribution in [0.25, 0.3) is 0 Å². The summed E-state index contributed by atoms with van der Waals surface area (Å²) in [6.45, 7) is -1.57. The number of halogens is 2. The number of esters is 1. The molecule has 0 fully saturated rings. The molecule has 7 nitrogen and oxygen atoms in total. The van der Waals surface area contributed by atoms with Gasteiger partial charge in [0.25, 0.3) is 0 Å². The zero-order chi connectivity index (χ0) is 15.5. The average Bonchev–Trinajstić information content (AvgIpc) is 2.35. The predicted octanol–water partition coefficient (Wildman–Crippen LogP) is -0.625. The van der Waals surface area contributed by atoms with Crippen molar-refractivity contribution in [3.05, 3.63) is 23.8 Å². The second-order valence-corrected chi connectivity index (χ2v) is 4.98. The predicted molar refractivity (Wildman–Crippen MR) is 57.6 cm³/mol. The van der Waals surface area contributed by atoms with E-state index in [-0.39, 0.29) is 0 Å². The number of hydrogen-bond acceptors (Lipinski definition) is 7. The molecule has 1 aromatic rings. The summed E-state index contributed by atoms with van der Waals surface area (Å²) in [6.07, 6.45) is 0. The Morgan fingerprint density at radius 2 is 1.80 bits per heavy atom. The summed E-state index contributed by atoms with van der Waals surface area (Å²) in [4.78, 5) is 9.89. The summed E-state index contributed by atoms with van der Waals surface area (Å²) >= 11 is 0. The highest BCUT2D eigenvalue weighted by Gasteiger charge is 2.23. The van der Waals surface area contributed by atoms with Gasteiger partial charge in [-0.05, 0) is 12.1 Å². The van der Waals surface area contributed by atoms with E-state index in [1.807, 2.05) is 0 Å². The van der Waals surface area contributed by atoms with Gasteiger partial charge in [-0.3, -0.25) is 4.79 Å². The van der Waals surface area contributed by atoms with Gasteiger partial charge in [0.1, 0.15) is 16.0 Å². The maximum atomic E-state index is 13.4. The molecule has 20 heavy (non-hydrogen) atoms. The molecule has 0 aliphatic carbocycles. The summed E-state index contributed by atoms with van der Waals surface area (Å²) in [5.74, 6) is -7.39. The number of aliphatic hydroxyl groups excluding tert-OH is 2. The van der Waals surface area contributed by atoms with Crippen molar-refractivity contribution in [2.45, 2.75) is 4.90 Å². The first kappa shape index (κ1) is 16.4. The van der Waals surface area contributed by atoms with Crippen LogP contribution >= 0.6 is 0 Å². The van der Waals surface area contributed by atoms with E-state index in [4.69, 9.17) is 10.2 Å². The first-order valence-electron chi connectivity index (χ1n) is 5.09. The summed E-state index contributed by atoms with van der Waals surface area (Å²) in [5, 5.41) is 17.4. The number of aliphatic hydroxyl groups is 2. The number of hydrogen-bond donors (Lipinski definition) is 2. The Hall–Kier alpha value is -1.62. The van der Waals surface area contributed by atoms with Crippen LogP contribution in [0, 0.1) is 17.6 Å². The lowest BCUT2D eigenvalue weighted by Gasteiger charge is -2.13. The third-order valence-electron chi connectivity index (χ3n) is 2.27. The second-order valence-electron chi connectivity index (χ2n) is 3.63. The van der Waals surface area contributed by atoms with Crippen LogP contribution in [0.5, 0.6) is 5.75 Å². The maximum Gasteiger partial charge on any atom is 0.319 e. The summed E-state index contributed by atoms with van der Waals surface area (Å²) in [6, 6.07) is 1.02. The van der Waals surface area contributed by atoms with Crippen molar-refractivity contribution in [1.82, 2.24) is 0 Å². The lowest BCUT2D eigenvalue weighted by atomic mass is 10.2. The summed E-state index contributed by atoms with van der Waals surface area (Å²) < 4.78 is 63.0. The van der Waals surface area contributed by atoms with Crippen LogP contribution in [0.1, 0.15) is 0 Å². The molecule has 0 spiro atoms. The monoisotopic (exact) mass is 311 g/mol. The third-order valence-corrected chi connectivity index (χ3v) is 3.12. The van der Waals surface area contributed by atoms with E-state index in [1.165, 1.54) is 0 Å². The highest BCUT2D eigenvalue weighted by atomic mass is 32.2. The normalized spacial score (nSPS) is 11.7. The Kier molecular flexibility index (Phi) is 5.11. The van der Waals surface area contributed by atoms with E-state index in [0.717, 1.165) is 0 Å². The van der Waals surface area contributed by atoms with Crippen LogP contribution in [0.15, 0.2) is 17.0 Å². The largest absolute Gasteiger partial charge is 0.744 e. The molecule has 0 bridgehead atoms. The molecule has 0 amide bonds. The van der Waals surface area contributed by atoms with Gasteiger partial charge in [-0.15, -0.1) is 0 Å². The van der Waals surface area contributed by atoms with Gasteiger partial charge in [0, 0.05) is 0 Å². The van der Waals surface area contributed by atoms with Gasteiger partial charge in [0.05, 0.1) is 18.1 Å². The van der Waals surface area contributed by atoms with E-state index in [2.05, 4.69) is 4.74 Å². The minimum Gasteiger partial charge on any atom is -0.744 e. The molecule has 0 radical (unpaired) electrons. The minimum atomic E-state index is -5.21. The van der Waals surface area contributed by atoms with Gasteiger partial charge in [-0.1, -0.05) is 0 Å². The Labute approximate surface area is 112 Å². The number of ether oxygens (including phenoxy) is 1. The van der Waals surface area contributed by atoms with Crippen LogP contribution in [0.3, 0.4) is 0 Å². The van der Waals surface area contributed by atoms with E-state index in [9.17, 15) is 26.5 Å². The van der Waals surface area contributed by atoms with E-state index in [1.54, 1.807) is 0 Å². The Balaban J connectivity index is 3.12. The van der Waals surface area contributed by atoms with Crippen molar-refractivity contribution < 1.29 is 41.5 Å². The third kappa shape index (κ3) is 3.48. The smallest absolute Gasteiger partial charge is 0.319 e. The quantitative estimate of drug-likeness (QED) is 0.421. The van der Waals surface area contributed by atoms with Crippen molar-refractivity contribution in [3.63, 3.8) is 0 Å². The first-order valence-corrected chi connectivity index (χ1v) is 6.50. The fourth-order valence-corrected chi connectivity index (χ4v) is 1.73. The van der Waals surface area contributed by atoms with E-state index >= 15 is 0 Å². The highest BCUT2D eigenvalue weighted by Crippen LogP contribution is 2.26. The Morgan fingerprint density at radius 3 is 2.25 bits per heavy atom. The zero-order valence-electron chi connectivity index (χ0n) is 9.75. The van der Waals surface area contributed by atoms with Crippen LogP contribution in [-0.4, -0.2) is 42.4 Å². The number of rotatable bonds is 5. The zero-order valence-corrected chi connectivity index (χ0v) is 10.6. The summed E-state index contributed by atoms with van der Waals surface area (Å²) in [5.41, 5.74) is 0. The number of carbonyl (C=O) groups is 1. The molecule has 0 aliphatic heterocycles. The van der Waals surface area contributed by atoms with Crippen LogP contribution in [-0.2, 0) is 14.9 Å². The van der Waals surface area contributed by atoms with Gasteiger partial charge in [0.15, 0.2) is 11.6 Å². The van der Waals surface area contributed by atoms with Crippen molar-refractivity contribution in [3.8, 4) is 5.75 Å². The van der Waals surface area contributed by atoms with Crippen LogP contribution in [0.2, 0.25) is 0 Å². The average molecular weight is 311 g/mol.